The lowest BCUT2D eigenvalue weighted by atomic mass is 10.7. The van der Waals surface area contributed by atoms with Gasteiger partial charge in [-0.1, -0.05) is 6.58 Å². The molecule has 0 saturated heterocycles. The van der Waals surface area contributed by atoms with E-state index < -0.39 is 12.5 Å². The Balaban J connectivity index is 3.72. The summed E-state index contributed by atoms with van der Waals surface area (Å²) in [5.74, 6) is 0. The van der Waals surface area contributed by atoms with Gasteiger partial charge in [0.25, 0.3) is 0 Å². The predicted octanol–water partition coefficient (Wildman–Crippen LogP) is 2.00. The molecule has 0 amide bonds. The first-order chi connectivity index (χ1) is 3.98. The highest BCUT2D eigenvalue weighted by molar-refractivity contribution is 4.58. The molecule has 1 nitrogen and oxygen atoms in total. The molecule has 1 unspecified atom stereocenters. The van der Waals surface area contributed by atoms with Crippen LogP contribution in [-0.2, 0) is 4.74 Å². The van der Waals surface area contributed by atoms with Gasteiger partial charge in [-0.25, -0.2) is 0 Å². The molecule has 0 bridgehead atoms. The molecule has 0 aromatic heterocycles. The molecule has 0 aliphatic carbocycles. The second-order valence-corrected chi connectivity index (χ2v) is 1.16. The van der Waals surface area contributed by atoms with E-state index in [2.05, 4.69) is 11.3 Å². The highest BCUT2D eigenvalue weighted by Crippen LogP contribution is 2.23. The molecule has 9 heavy (non-hydrogen) atoms. The molecule has 0 heterocycles. The van der Waals surface area contributed by atoms with Gasteiger partial charge in [0.15, 0.2) is 0 Å². The van der Waals surface area contributed by atoms with E-state index in [0.717, 1.165) is 0 Å². The van der Waals surface area contributed by atoms with Gasteiger partial charge in [0.2, 0.25) is 0 Å². The van der Waals surface area contributed by atoms with Crippen molar-refractivity contribution in [2.24, 2.45) is 0 Å². The number of alkyl halides is 4. The van der Waals surface area contributed by atoms with Crippen LogP contribution < -0.4 is 0 Å². The van der Waals surface area contributed by atoms with Crippen molar-refractivity contribution in [1.29, 1.82) is 0 Å². The van der Waals surface area contributed by atoms with Crippen LogP contribution >= 0.6 is 0 Å². The maximum absolute atomic E-state index is 11.5. The molecular weight excluding hydrogens is 140 g/mol. The average Bonchev–Trinajstić information content (AvgIpc) is 1.64. The summed E-state index contributed by atoms with van der Waals surface area (Å²) in [4.78, 5) is 0. The van der Waals surface area contributed by atoms with E-state index in [1.165, 1.54) is 0 Å². The molecule has 0 fully saturated rings. The van der Waals surface area contributed by atoms with Crippen LogP contribution in [-0.4, -0.2) is 12.5 Å². The smallest absolute Gasteiger partial charge is 0.457 e. The van der Waals surface area contributed by atoms with Crippen molar-refractivity contribution in [3.05, 3.63) is 12.8 Å². The first-order valence-corrected chi connectivity index (χ1v) is 1.95. The van der Waals surface area contributed by atoms with E-state index in [-0.39, 0.29) is 0 Å². The molecule has 5 heteroatoms. The largest absolute Gasteiger partial charge is 0.461 e. The van der Waals surface area contributed by atoms with Crippen LogP contribution in [0.4, 0.5) is 17.6 Å². The van der Waals surface area contributed by atoms with Crippen LogP contribution in [0.25, 0.3) is 0 Å². The Hall–Kier alpha value is -0.740. The summed E-state index contributed by atoms with van der Waals surface area (Å²) in [7, 11) is 0. The fourth-order valence-electron chi connectivity index (χ4n) is 0.162. The third-order valence-corrected chi connectivity index (χ3v) is 0.473. The zero-order valence-corrected chi connectivity index (χ0v) is 4.28. The van der Waals surface area contributed by atoms with Gasteiger partial charge in [-0.3, -0.25) is 0 Å². The van der Waals surface area contributed by atoms with Gasteiger partial charge in [0.05, 0.1) is 6.26 Å². The molecule has 0 saturated carbocycles. The van der Waals surface area contributed by atoms with Crippen LogP contribution in [0.3, 0.4) is 0 Å². The zero-order chi connectivity index (χ0) is 7.49. The minimum absolute atomic E-state index is 0.401. The number of rotatable bonds is 2. The molecule has 0 aliphatic heterocycles. The van der Waals surface area contributed by atoms with Crippen LogP contribution in [0, 0.1) is 0 Å². The van der Waals surface area contributed by atoms with Gasteiger partial charge in [-0.05, 0) is 0 Å². The molecule has 1 atom stereocenters. The zero-order valence-electron chi connectivity index (χ0n) is 4.28. The van der Waals surface area contributed by atoms with E-state index in [4.69, 9.17) is 0 Å². The van der Waals surface area contributed by atoms with E-state index >= 15 is 0 Å². The predicted molar refractivity (Wildman–Crippen MR) is 22.2 cm³/mol. The standard InChI is InChI=1S/C4H4F4O/c1-2-9-3(5)4(6,7)8/h2-3H,1H2. The first-order valence-electron chi connectivity index (χ1n) is 1.95. The average molecular weight is 144 g/mol. The Morgan fingerprint density at radius 1 is 1.44 bits per heavy atom. The normalized spacial score (nSPS) is 14.7. The van der Waals surface area contributed by atoms with Gasteiger partial charge in [0.1, 0.15) is 0 Å². The van der Waals surface area contributed by atoms with E-state index in [9.17, 15) is 17.6 Å². The summed E-state index contributed by atoms with van der Waals surface area (Å²) >= 11 is 0. The summed E-state index contributed by atoms with van der Waals surface area (Å²) in [6.07, 6.45) is -7.80. The van der Waals surface area contributed by atoms with Crippen LogP contribution in [0.15, 0.2) is 12.8 Å². The van der Waals surface area contributed by atoms with Crippen molar-refractivity contribution in [3.63, 3.8) is 0 Å². The fourth-order valence-corrected chi connectivity index (χ4v) is 0.162. The first kappa shape index (κ1) is 8.26. The van der Waals surface area contributed by atoms with E-state index in [1.807, 2.05) is 0 Å². The summed E-state index contributed by atoms with van der Waals surface area (Å²) in [6, 6.07) is 0. The maximum Gasteiger partial charge on any atom is 0.457 e. The summed E-state index contributed by atoms with van der Waals surface area (Å²) < 4.78 is 48.1. The van der Waals surface area contributed by atoms with Gasteiger partial charge >= 0.3 is 12.5 Å². The Morgan fingerprint density at radius 2 is 1.89 bits per heavy atom. The highest BCUT2D eigenvalue weighted by Gasteiger charge is 2.41. The summed E-state index contributed by atoms with van der Waals surface area (Å²) in [5, 5.41) is 0. The third-order valence-electron chi connectivity index (χ3n) is 0.473. The lowest BCUT2D eigenvalue weighted by Gasteiger charge is -2.09. The van der Waals surface area contributed by atoms with Crippen molar-refractivity contribution < 1.29 is 22.3 Å². The Kier molecular flexibility index (Phi) is 2.48. The molecule has 0 rings (SSSR count). The lowest BCUT2D eigenvalue weighted by Crippen LogP contribution is -2.25. The number of hydrogen-bond donors (Lipinski definition) is 0. The second kappa shape index (κ2) is 2.70. The molecule has 0 aliphatic rings. The van der Waals surface area contributed by atoms with Crippen molar-refractivity contribution in [2.45, 2.75) is 12.5 Å². The molecule has 0 N–H and O–H groups in total. The van der Waals surface area contributed by atoms with Crippen molar-refractivity contribution in [2.75, 3.05) is 0 Å². The van der Waals surface area contributed by atoms with Crippen molar-refractivity contribution >= 4 is 0 Å². The van der Waals surface area contributed by atoms with Crippen molar-refractivity contribution in [3.8, 4) is 0 Å². The Labute approximate surface area is 48.9 Å². The Bertz CT molecular complexity index is 97.2. The van der Waals surface area contributed by atoms with Gasteiger partial charge in [-0.15, -0.1) is 0 Å². The number of hydrogen-bond acceptors (Lipinski definition) is 1. The molecule has 0 spiro atoms. The van der Waals surface area contributed by atoms with Crippen LogP contribution in [0.1, 0.15) is 0 Å². The summed E-state index contributed by atoms with van der Waals surface area (Å²) in [5.41, 5.74) is 0. The topological polar surface area (TPSA) is 9.23 Å². The monoisotopic (exact) mass is 144 g/mol. The van der Waals surface area contributed by atoms with Crippen LogP contribution in [0.2, 0.25) is 0 Å². The van der Waals surface area contributed by atoms with Gasteiger partial charge in [0, 0.05) is 0 Å². The lowest BCUT2D eigenvalue weighted by molar-refractivity contribution is -0.248. The quantitative estimate of drug-likeness (QED) is 0.425. The van der Waals surface area contributed by atoms with Crippen LogP contribution in [0.5, 0.6) is 0 Å². The number of halogens is 4. The molecule has 54 valence electrons. The highest BCUT2D eigenvalue weighted by atomic mass is 19.4. The molecule has 0 radical (unpaired) electrons. The van der Waals surface area contributed by atoms with Gasteiger partial charge in [-0.2, -0.15) is 17.6 Å². The van der Waals surface area contributed by atoms with Gasteiger partial charge < -0.3 is 4.74 Å². The van der Waals surface area contributed by atoms with Crippen molar-refractivity contribution in [1.82, 2.24) is 0 Å². The summed E-state index contributed by atoms with van der Waals surface area (Å²) in [6.45, 7) is 2.75. The van der Waals surface area contributed by atoms with E-state index in [1.54, 1.807) is 0 Å². The minimum Gasteiger partial charge on any atom is -0.461 e. The molecule has 0 aromatic carbocycles. The molecular formula is C4H4F4O. The minimum atomic E-state index is -4.95. The Morgan fingerprint density at radius 3 is 2.00 bits per heavy atom. The third kappa shape index (κ3) is 2.94. The maximum atomic E-state index is 11.5. The fraction of sp³-hybridized carbons (Fsp3) is 0.500. The number of ether oxygens (including phenoxy) is 1. The second-order valence-electron chi connectivity index (χ2n) is 1.16. The van der Waals surface area contributed by atoms with E-state index in [0.29, 0.717) is 6.26 Å². The molecule has 0 aromatic rings. The SMILES string of the molecule is C=COC(F)C(F)(F)F.